The molecule has 0 aliphatic carbocycles. The molecule has 0 aromatic heterocycles. The molecule has 0 aromatic carbocycles. The normalized spacial score (nSPS) is 10.0. The molecule has 7 heteroatoms. The van der Waals surface area contributed by atoms with E-state index < -0.39 is 0 Å². The average molecular weight is 335 g/mol. The Morgan fingerprint density at radius 2 is 1.71 bits per heavy atom. The molecule has 0 rings (SSSR count). The number of likely N-dealkylation sites (N-methyl/N-ethyl adjacent to an activating group) is 1. The third-order valence-electron chi connectivity index (χ3n) is 2.73. The maximum Gasteiger partial charge on any atom is 0.325 e. The van der Waals surface area contributed by atoms with Crippen LogP contribution in [-0.4, -0.2) is 57.5 Å². The van der Waals surface area contributed by atoms with Crippen molar-refractivity contribution in [3.8, 4) is 12.1 Å². The lowest BCUT2D eigenvalue weighted by Gasteiger charge is -2.12. The highest BCUT2D eigenvalue weighted by molar-refractivity contribution is 5.71. The Morgan fingerprint density at radius 1 is 1.08 bits per heavy atom. The van der Waals surface area contributed by atoms with E-state index in [1.807, 2.05) is 0 Å². The molecule has 0 unspecified atom stereocenters. The topological polar surface area (TPSA) is 95.6 Å². The first-order valence-corrected chi connectivity index (χ1v) is 7.84. The van der Waals surface area contributed by atoms with Gasteiger partial charge in [-0.2, -0.15) is 10.5 Å². The van der Waals surface area contributed by atoms with E-state index in [9.17, 15) is 4.79 Å². The van der Waals surface area contributed by atoms with Crippen LogP contribution in [0.4, 0.5) is 0 Å². The maximum atomic E-state index is 11.6. The number of hydrogen-bond donors (Lipinski definition) is 0. The second-order valence-corrected chi connectivity index (χ2v) is 4.86. The first kappa shape index (κ1) is 21.6. The summed E-state index contributed by atoms with van der Waals surface area (Å²) >= 11 is 0. The average Bonchev–Trinajstić information content (AvgIpc) is 2.57. The van der Waals surface area contributed by atoms with E-state index in [1.165, 1.54) is 12.2 Å². The van der Waals surface area contributed by atoms with Gasteiger partial charge in [0, 0.05) is 13.7 Å². The molecule has 0 heterocycles. The quantitative estimate of drug-likeness (QED) is 0.219. The summed E-state index contributed by atoms with van der Waals surface area (Å²) in [5.74, 6) is -0.380. The molecule has 0 amide bonds. The van der Waals surface area contributed by atoms with Gasteiger partial charge >= 0.3 is 5.97 Å². The van der Waals surface area contributed by atoms with Gasteiger partial charge in [0.05, 0.1) is 19.8 Å². The van der Waals surface area contributed by atoms with Crippen molar-refractivity contribution in [1.82, 2.24) is 4.90 Å². The predicted molar refractivity (Wildman–Crippen MR) is 88.6 cm³/mol. The van der Waals surface area contributed by atoms with Gasteiger partial charge in [0.2, 0.25) is 0 Å². The molecule has 0 N–H and O–H groups in total. The van der Waals surface area contributed by atoms with E-state index in [-0.39, 0.29) is 24.7 Å². The largest absolute Gasteiger partial charge is 0.462 e. The fourth-order valence-corrected chi connectivity index (χ4v) is 1.47. The number of ether oxygens (including phenoxy) is 3. The zero-order chi connectivity index (χ0) is 18.0. The third-order valence-corrected chi connectivity index (χ3v) is 2.73. The molecule has 0 bridgehead atoms. The summed E-state index contributed by atoms with van der Waals surface area (Å²) in [5, 5.41) is 17.1. The van der Waals surface area contributed by atoms with Gasteiger partial charge in [0.1, 0.15) is 30.9 Å². The van der Waals surface area contributed by atoms with Crippen molar-refractivity contribution in [2.24, 2.45) is 0 Å². The highest BCUT2D eigenvalue weighted by atomic mass is 16.6. The Morgan fingerprint density at radius 3 is 2.33 bits per heavy atom. The molecule has 0 fully saturated rings. The molecular weight excluding hydrogens is 310 g/mol. The van der Waals surface area contributed by atoms with Crippen molar-refractivity contribution in [3.63, 3.8) is 0 Å². The number of esters is 1. The van der Waals surface area contributed by atoms with Gasteiger partial charge in [-0.25, -0.2) is 0 Å². The van der Waals surface area contributed by atoms with Gasteiger partial charge in [-0.1, -0.05) is 13.3 Å². The predicted octanol–water partition coefficient (Wildman–Crippen LogP) is 1.78. The molecule has 132 valence electrons. The van der Waals surface area contributed by atoms with Gasteiger partial charge < -0.3 is 19.1 Å². The van der Waals surface area contributed by atoms with Crippen molar-refractivity contribution in [3.05, 3.63) is 23.9 Å². The van der Waals surface area contributed by atoms with E-state index in [0.717, 1.165) is 19.4 Å². The van der Waals surface area contributed by atoms with Gasteiger partial charge in [0.25, 0.3) is 0 Å². The van der Waals surface area contributed by atoms with Crippen LogP contribution in [0.25, 0.3) is 0 Å². The number of allylic oxidation sites excluding steroid dienone is 3. The summed E-state index contributed by atoms with van der Waals surface area (Å²) in [6.07, 6.45) is 6.63. The second-order valence-electron chi connectivity index (χ2n) is 4.86. The molecule has 0 aliphatic heterocycles. The molecule has 0 aromatic rings. The first-order chi connectivity index (χ1) is 11.6. The smallest absolute Gasteiger partial charge is 0.325 e. The molecule has 24 heavy (non-hydrogen) atoms. The standard InChI is InChI=1S/C17H25N3O4/c1-3-4-8-22-9-10-23-11-12-24-17(21)15-20(2)7-5-6-16(13-18)14-19/h5-7H,3-4,8-12,15H2,1-2H3. The highest BCUT2D eigenvalue weighted by Crippen LogP contribution is 1.93. The summed E-state index contributed by atoms with van der Waals surface area (Å²) in [6.45, 7) is 4.47. The Balaban J connectivity index is 3.69. The summed E-state index contributed by atoms with van der Waals surface area (Å²) in [7, 11) is 1.69. The zero-order valence-corrected chi connectivity index (χ0v) is 14.4. The minimum atomic E-state index is -0.380. The van der Waals surface area contributed by atoms with E-state index in [2.05, 4.69) is 6.92 Å². The van der Waals surface area contributed by atoms with Crippen LogP contribution in [0.2, 0.25) is 0 Å². The van der Waals surface area contributed by atoms with Crippen molar-refractivity contribution < 1.29 is 19.0 Å². The van der Waals surface area contributed by atoms with Crippen molar-refractivity contribution in [2.75, 3.05) is 46.6 Å². The van der Waals surface area contributed by atoms with Crippen molar-refractivity contribution in [2.45, 2.75) is 19.8 Å². The van der Waals surface area contributed by atoms with Gasteiger partial charge in [0.15, 0.2) is 0 Å². The van der Waals surface area contributed by atoms with Crippen molar-refractivity contribution in [1.29, 1.82) is 10.5 Å². The molecule has 0 aliphatic rings. The number of hydrogen-bond acceptors (Lipinski definition) is 7. The third kappa shape index (κ3) is 13.3. The molecule has 7 nitrogen and oxygen atoms in total. The number of carbonyl (C=O) groups excluding carboxylic acids is 1. The lowest BCUT2D eigenvalue weighted by atomic mass is 10.3. The van der Waals surface area contributed by atoms with Crippen LogP contribution in [0.1, 0.15) is 19.8 Å². The van der Waals surface area contributed by atoms with E-state index in [0.29, 0.717) is 19.8 Å². The number of nitrogens with zero attached hydrogens (tertiary/aromatic N) is 3. The molecular formula is C17H25N3O4. The highest BCUT2D eigenvalue weighted by Gasteiger charge is 2.04. The second kappa shape index (κ2) is 15.5. The van der Waals surface area contributed by atoms with E-state index in [4.69, 9.17) is 24.7 Å². The molecule has 0 saturated carbocycles. The minimum Gasteiger partial charge on any atom is -0.462 e. The lowest BCUT2D eigenvalue weighted by Crippen LogP contribution is -2.24. The number of rotatable bonds is 13. The Kier molecular flexibility index (Phi) is 14.0. The number of carbonyl (C=O) groups is 1. The Labute approximate surface area is 143 Å². The summed E-state index contributed by atoms with van der Waals surface area (Å²) in [6, 6.07) is 3.48. The van der Waals surface area contributed by atoms with E-state index in [1.54, 1.807) is 30.3 Å². The monoisotopic (exact) mass is 335 g/mol. The molecule has 0 atom stereocenters. The van der Waals surface area contributed by atoms with Crippen molar-refractivity contribution >= 4 is 5.97 Å². The molecule has 0 saturated heterocycles. The van der Waals surface area contributed by atoms with Crippen LogP contribution in [0.3, 0.4) is 0 Å². The van der Waals surface area contributed by atoms with Crippen LogP contribution in [0.5, 0.6) is 0 Å². The first-order valence-electron chi connectivity index (χ1n) is 7.84. The lowest BCUT2D eigenvalue weighted by molar-refractivity contribution is -0.145. The number of unbranched alkanes of at least 4 members (excludes halogenated alkanes) is 1. The molecule has 0 spiro atoms. The Hall–Kier alpha value is -2.35. The van der Waals surface area contributed by atoms with Crippen LogP contribution in [0.15, 0.2) is 23.9 Å². The minimum absolute atomic E-state index is 0.00181. The van der Waals surface area contributed by atoms with E-state index >= 15 is 0 Å². The van der Waals surface area contributed by atoms with Crippen LogP contribution in [-0.2, 0) is 19.0 Å². The van der Waals surface area contributed by atoms with Crippen LogP contribution in [0, 0.1) is 22.7 Å². The fourth-order valence-electron chi connectivity index (χ4n) is 1.47. The SMILES string of the molecule is CCCCOCCOCCOC(=O)CN(C)C=CC=C(C#N)C#N. The number of nitriles is 2. The maximum absolute atomic E-state index is 11.6. The summed E-state index contributed by atoms with van der Waals surface area (Å²) < 4.78 is 15.6. The summed E-state index contributed by atoms with van der Waals surface area (Å²) in [5.41, 5.74) is -0.00181. The Bertz CT molecular complexity index is 473. The van der Waals surface area contributed by atoms with Crippen LogP contribution < -0.4 is 0 Å². The molecule has 0 radical (unpaired) electrons. The summed E-state index contributed by atoms with van der Waals surface area (Å²) in [4.78, 5) is 13.2. The van der Waals surface area contributed by atoms with Gasteiger partial charge in [-0.05, 0) is 24.8 Å². The van der Waals surface area contributed by atoms with Gasteiger partial charge in [-0.15, -0.1) is 0 Å². The van der Waals surface area contributed by atoms with Crippen LogP contribution >= 0.6 is 0 Å². The van der Waals surface area contributed by atoms with Gasteiger partial charge in [-0.3, -0.25) is 4.79 Å². The fraction of sp³-hybridized carbons (Fsp3) is 0.588. The zero-order valence-electron chi connectivity index (χ0n) is 14.4.